The third-order valence-corrected chi connectivity index (χ3v) is 4.10. The number of amides is 2. The van der Waals surface area contributed by atoms with E-state index in [1.165, 1.54) is 0 Å². The molecule has 1 N–H and O–H groups in total. The fourth-order valence-electron chi connectivity index (χ4n) is 2.90. The number of carbonyl (C=O) groups is 2. The maximum atomic E-state index is 13.0. The first-order valence-electron chi connectivity index (χ1n) is 8.44. The summed E-state index contributed by atoms with van der Waals surface area (Å²) in [6, 6.07) is 1.21. The molecule has 0 saturated carbocycles. The summed E-state index contributed by atoms with van der Waals surface area (Å²) >= 11 is 0. The molecule has 1 aliphatic rings. The number of halogens is 6. The standard InChI is InChI=1S/C18H20F6N2O2/c1-16(2,3)25-15(28)11-6-14(27)26(9-11)8-10-4-12(17(19,20)21)7-13(5-10)18(22,23)24/h4-5,7,11H,6,8-9H2,1-3H3,(H,25,28)/t11-/m0/s1. The van der Waals surface area contributed by atoms with E-state index in [2.05, 4.69) is 5.32 Å². The van der Waals surface area contributed by atoms with E-state index in [9.17, 15) is 35.9 Å². The molecule has 0 spiro atoms. The van der Waals surface area contributed by atoms with Crippen molar-refractivity contribution in [1.82, 2.24) is 10.2 Å². The van der Waals surface area contributed by atoms with Gasteiger partial charge in [0.25, 0.3) is 0 Å². The number of hydrogen-bond donors (Lipinski definition) is 1. The van der Waals surface area contributed by atoms with Crippen LogP contribution in [0.25, 0.3) is 0 Å². The van der Waals surface area contributed by atoms with Gasteiger partial charge < -0.3 is 10.2 Å². The average Bonchev–Trinajstić information content (AvgIpc) is 2.85. The Bertz CT molecular complexity index is 733. The Morgan fingerprint density at radius 3 is 1.96 bits per heavy atom. The lowest BCUT2D eigenvalue weighted by molar-refractivity contribution is -0.143. The molecule has 0 radical (unpaired) electrons. The van der Waals surface area contributed by atoms with E-state index in [4.69, 9.17) is 0 Å². The molecule has 1 fully saturated rings. The molecule has 2 amide bonds. The Balaban J connectivity index is 2.23. The van der Waals surface area contributed by atoms with Crippen molar-refractivity contribution in [2.45, 2.75) is 51.6 Å². The second-order valence-electron chi connectivity index (χ2n) is 7.83. The molecular weight excluding hydrogens is 390 g/mol. The Morgan fingerprint density at radius 1 is 1.04 bits per heavy atom. The minimum atomic E-state index is -4.96. The Labute approximate surface area is 157 Å². The molecule has 1 atom stereocenters. The van der Waals surface area contributed by atoms with Gasteiger partial charge in [-0.05, 0) is 44.5 Å². The Morgan fingerprint density at radius 2 is 1.54 bits per heavy atom. The van der Waals surface area contributed by atoms with E-state index in [1.807, 2.05) is 0 Å². The molecule has 0 bridgehead atoms. The van der Waals surface area contributed by atoms with Gasteiger partial charge in [-0.2, -0.15) is 26.3 Å². The zero-order valence-corrected chi connectivity index (χ0v) is 15.5. The van der Waals surface area contributed by atoms with Crippen LogP contribution in [-0.4, -0.2) is 28.8 Å². The van der Waals surface area contributed by atoms with Crippen molar-refractivity contribution in [1.29, 1.82) is 0 Å². The van der Waals surface area contributed by atoms with Gasteiger partial charge in [-0.25, -0.2) is 0 Å². The highest BCUT2D eigenvalue weighted by atomic mass is 19.4. The van der Waals surface area contributed by atoms with Crippen LogP contribution in [0.3, 0.4) is 0 Å². The highest BCUT2D eigenvalue weighted by Crippen LogP contribution is 2.36. The molecule has 1 heterocycles. The number of nitrogens with one attached hydrogen (secondary N) is 1. The van der Waals surface area contributed by atoms with Crippen molar-refractivity contribution < 1.29 is 35.9 Å². The number of benzene rings is 1. The maximum Gasteiger partial charge on any atom is 0.416 e. The first-order chi connectivity index (χ1) is 12.6. The van der Waals surface area contributed by atoms with Crippen molar-refractivity contribution in [2.24, 2.45) is 5.92 Å². The Hall–Kier alpha value is -2.26. The van der Waals surface area contributed by atoms with Gasteiger partial charge in [0.05, 0.1) is 17.0 Å². The maximum absolute atomic E-state index is 13.0. The smallest absolute Gasteiger partial charge is 0.351 e. The molecule has 0 aliphatic carbocycles. The van der Waals surface area contributed by atoms with Crippen molar-refractivity contribution in [3.05, 3.63) is 34.9 Å². The van der Waals surface area contributed by atoms with Crippen molar-refractivity contribution in [3.63, 3.8) is 0 Å². The molecule has 4 nitrogen and oxygen atoms in total. The number of likely N-dealkylation sites (tertiary alicyclic amines) is 1. The monoisotopic (exact) mass is 410 g/mol. The summed E-state index contributed by atoms with van der Waals surface area (Å²) in [5, 5.41) is 2.71. The van der Waals surface area contributed by atoms with Gasteiger partial charge >= 0.3 is 12.4 Å². The topological polar surface area (TPSA) is 49.4 Å². The number of carbonyl (C=O) groups excluding carboxylic acids is 2. The van der Waals surface area contributed by atoms with Gasteiger partial charge in [-0.15, -0.1) is 0 Å². The van der Waals surface area contributed by atoms with Gasteiger partial charge in [0, 0.05) is 25.0 Å². The van der Waals surface area contributed by atoms with Gasteiger partial charge in [0.2, 0.25) is 11.8 Å². The fraction of sp³-hybridized carbons (Fsp3) is 0.556. The SMILES string of the molecule is CC(C)(C)NC(=O)[C@H]1CC(=O)N(Cc2cc(C(F)(F)F)cc(C(F)(F)F)c2)C1. The number of nitrogens with zero attached hydrogens (tertiary/aromatic N) is 1. The van der Waals surface area contributed by atoms with Gasteiger partial charge in [0.1, 0.15) is 0 Å². The van der Waals surface area contributed by atoms with Crippen LogP contribution in [0.4, 0.5) is 26.3 Å². The van der Waals surface area contributed by atoms with Gasteiger partial charge in [-0.3, -0.25) is 9.59 Å². The van der Waals surface area contributed by atoms with Crippen molar-refractivity contribution in [3.8, 4) is 0 Å². The van der Waals surface area contributed by atoms with Gasteiger partial charge in [-0.1, -0.05) is 0 Å². The predicted octanol–water partition coefficient (Wildman–Crippen LogP) is 3.99. The summed E-state index contributed by atoms with van der Waals surface area (Å²) in [5.41, 5.74) is -3.71. The molecule has 1 aromatic carbocycles. The number of rotatable bonds is 3. The molecule has 1 aliphatic heterocycles. The zero-order valence-electron chi connectivity index (χ0n) is 15.5. The Kier molecular flexibility index (Phi) is 5.73. The molecule has 2 rings (SSSR count). The molecule has 28 heavy (non-hydrogen) atoms. The summed E-state index contributed by atoms with van der Waals surface area (Å²) < 4.78 is 77.7. The summed E-state index contributed by atoms with van der Waals surface area (Å²) in [6.07, 6.45) is -10.1. The molecule has 1 saturated heterocycles. The lowest BCUT2D eigenvalue weighted by atomic mass is 10.0. The molecule has 0 unspecified atom stereocenters. The van der Waals surface area contributed by atoms with Crippen LogP contribution in [0.2, 0.25) is 0 Å². The molecule has 0 aromatic heterocycles. The summed E-state index contributed by atoms with van der Waals surface area (Å²) in [7, 11) is 0. The minimum Gasteiger partial charge on any atom is -0.351 e. The zero-order chi connectivity index (χ0) is 21.5. The van der Waals surface area contributed by atoms with E-state index in [-0.39, 0.29) is 30.5 Å². The highest BCUT2D eigenvalue weighted by Gasteiger charge is 2.39. The first kappa shape index (κ1) is 22.0. The van der Waals surface area contributed by atoms with Crippen LogP contribution < -0.4 is 5.32 Å². The largest absolute Gasteiger partial charge is 0.416 e. The van der Waals surface area contributed by atoms with Crippen LogP contribution in [0.5, 0.6) is 0 Å². The number of alkyl halides is 6. The van der Waals surface area contributed by atoms with E-state index < -0.39 is 47.4 Å². The second kappa shape index (κ2) is 7.29. The fourth-order valence-corrected chi connectivity index (χ4v) is 2.90. The van der Waals surface area contributed by atoms with Crippen LogP contribution >= 0.6 is 0 Å². The second-order valence-corrected chi connectivity index (χ2v) is 7.83. The minimum absolute atomic E-state index is 0.0366. The molecule has 156 valence electrons. The van der Waals surface area contributed by atoms with E-state index >= 15 is 0 Å². The first-order valence-corrected chi connectivity index (χ1v) is 8.44. The quantitative estimate of drug-likeness (QED) is 0.767. The normalized spacial score (nSPS) is 18.5. The van der Waals surface area contributed by atoms with Crippen LogP contribution in [0.15, 0.2) is 18.2 Å². The highest BCUT2D eigenvalue weighted by molar-refractivity contribution is 5.89. The van der Waals surface area contributed by atoms with Gasteiger partial charge in [0.15, 0.2) is 0 Å². The molecule has 10 heteroatoms. The summed E-state index contributed by atoms with van der Waals surface area (Å²) in [4.78, 5) is 25.4. The lowest BCUT2D eigenvalue weighted by Gasteiger charge is -2.23. The van der Waals surface area contributed by atoms with E-state index in [1.54, 1.807) is 20.8 Å². The van der Waals surface area contributed by atoms with Crippen molar-refractivity contribution in [2.75, 3.05) is 6.54 Å². The predicted molar refractivity (Wildman–Crippen MR) is 87.9 cm³/mol. The van der Waals surface area contributed by atoms with E-state index in [0.29, 0.717) is 12.1 Å². The van der Waals surface area contributed by atoms with Crippen LogP contribution in [0.1, 0.15) is 43.9 Å². The van der Waals surface area contributed by atoms with Crippen LogP contribution in [-0.2, 0) is 28.5 Å². The van der Waals surface area contributed by atoms with Crippen LogP contribution in [0, 0.1) is 5.92 Å². The average molecular weight is 410 g/mol. The third kappa shape index (κ3) is 5.62. The molecule has 1 aromatic rings. The lowest BCUT2D eigenvalue weighted by Crippen LogP contribution is -2.44. The number of hydrogen-bond acceptors (Lipinski definition) is 2. The summed E-state index contributed by atoms with van der Waals surface area (Å²) in [6.45, 7) is 4.74. The van der Waals surface area contributed by atoms with Crippen molar-refractivity contribution >= 4 is 11.8 Å². The summed E-state index contributed by atoms with van der Waals surface area (Å²) in [5.74, 6) is -1.59. The third-order valence-electron chi connectivity index (χ3n) is 4.10. The molecular formula is C18H20F6N2O2. The van der Waals surface area contributed by atoms with E-state index in [0.717, 1.165) is 4.90 Å².